The van der Waals surface area contributed by atoms with E-state index < -0.39 is 0 Å². The number of fused-ring (bicyclic) bond motifs is 2. The third-order valence-electron chi connectivity index (χ3n) is 4.90. The molecular formula is C16H22N6OS. The van der Waals surface area contributed by atoms with Crippen LogP contribution in [0.2, 0.25) is 0 Å². The van der Waals surface area contributed by atoms with E-state index in [1.54, 1.807) is 11.3 Å². The molecule has 2 aromatic rings. The molecule has 1 unspecified atom stereocenters. The summed E-state index contributed by atoms with van der Waals surface area (Å²) in [6.07, 6.45) is 4.72. The van der Waals surface area contributed by atoms with Crippen molar-refractivity contribution < 1.29 is 4.79 Å². The van der Waals surface area contributed by atoms with Crippen LogP contribution in [0.5, 0.6) is 0 Å². The highest BCUT2D eigenvalue weighted by Crippen LogP contribution is 2.26. The molecule has 1 aliphatic carbocycles. The molecule has 8 heteroatoms. The molecule has 0 radical (unpaired) electrons. The minimum atomic E-state index is -0.193. The largest absolute Gasteiger partial charge is 0.348 e. The maximum atomic E-state index is 12.6. The fourth-order valence-corrected chi connectivity index (χ4v) is 4.57. The second-order valence-corrected chi connectivity index (χ2v) is 7.78. The van der Waals surface area contributed by atoms with Gasteiger partial charge in [0.05, 0.1) is 25.3 Å². The first-order chi connectivity index (χ1) is 11.6. The van der Waals surface area contributed by atoms with Gasteiger partial charge in [-0.15, -0.1) is 21.5 Å². The van der Waals surface area contributed by atoms with E-state index in [1.165, 1.54) is 23.4 Å². The van der Waals surface area contributed by atoms with Gasteiger partial charge in [-0.3, -0.25) is 9.69 Å². The number of carbonyl (C=O) groups excluding carboxylic acids is 1. The molecule has 2 aliphatic rings. The first kappa shape index (κ1) is 15.7. The summed E-state index contributed by atoms with van der Waals surface area (Å²) in [4.78, 5) is 20.8. The number of hydrogen-bond acceptors (Lipinski definition) is 6. The van der Waals surface area contributed by atoms with Crippen LogP contribution in [-0.2, 0) is 37.3 Å². The van der Waals surface area contributed by atoms with Crippen LogP contribution in [0, 0.1) is 6.92 Å². The van der Waals surface area contributed by atoms with E-state index in [9.17, 15) is 4.79 Å². The lowest BCUT2D eigenvalue weighted by molar-refractivity contribution is -0.127. The summed E-state index contributed by atoms with van der Waals surface area (Å²) < 4.78 is 2.03. The van der Waals surface area contributed by atoms with Crippen LogP contribution in [0.15, 0.2) is 0 Å². The number of aryl methyl sites for hydroxylation is 3. The lowest BCUT2D eigenvalue weighted by Crippen LogP contribution is -2.50. The second-order valence-electron chi connectivity index (χ2n) is 6.61. The zero-order valence-electron chi connectivity index (χ0n) is 14.1. The molecular weight excluding hydrogens is 324 g/mol. The molecule has 0 fully saturated rings. The predicted molar refractivity (Wildman–Crippen MR) is 90.6 cm³/mol. The fraction of sp³-hybridized carbons (Fsp3) is 0.625. The molecule has 1 amide bonds. The highest BCUT2D eigenvalue weighted by atomic mass is 32.1. The number of hydrogen-bond donors (Lipinski definition) is 1. The van der Waals surface area contributed by atoms with Crippen molar-refractivity contribution in [1.82, 2.24) is 30.0 Å². The van der Waals surface area contributed by atoms with Crippen molar-refractivity contribution >= 4 is 17.2 Å². The van der Waals surface area contributed by atoms with Gasteiger partial charge in [0.2, 0.25) is 5.91 Å². The summed E-state index contributed by atoms with van der Waals surface area (Å²) in [5.74, 6) is 1.83. The smallest absolute Gasteiger partial charge is 0.239 e. The molecule has 1 aliphatic heterocycles. The number of carbonyl (C=O) groups is 1. The van der Waals surface area contributed by atoms with Crippen LogP contribution in [-0.4, -0.2) is 43.6 Å². The Labute approximate surface area is 145 Å². The van der Waals surface area contributed by atoms with Crippen molar-refractivity contribution in [3.05, 3.63) is 27.2 Å². The number of likely N-dealkylation sites (N-methyl/N-ethyl adjacent to an activating group) is 1. The number of aromatic nitrogens is 4. The SMILES string of the molecule is Cc1nnc2n1CC(C(=O)NCc1nc3c(s1)CCCC3)N(C)C2. The zero-order valence-corrected chi connectivity index (χ0v) is 14.9. The van der Waals surface area contributed by atoms with Crippen LogP contribution in [0.4, 0.5) is 0 Å². The molecule has 0 spiro atoms. The average molecular weight is 346 g/mol. The van der Waals surface area contributed by atoms with Gasteiger partial charge in [-0.1, -0.05) is 0 Å². The van der Waals surface area contributed by atoms with Crippen molar-refractivity contribution in [3.8, 4) is 0 Å². The monoisotopic (exact) mass is 346 g/mol. The first-order valence-corrected chi connectivity index (χ1v) is 9.27. The van der Waals surface area contributed by atoms with Gasteiger partial charge >= 0.3 is 0 Å². The van der Waals surface area contributed by atoms with Gasteiger partial charge in [0.1, 0.15) is 22.7 Å². The first-order valence-electron chi connectivity index (χ1n) is 8.46. The van der Waals surface area contributed by atoms with Crippen LogP contribution in [0.3, 0.4) is 0 Å². The molecule has 3 heterocycles. The van der Waals surface area contributed by atoms with Gasteiger partial charge in [-0.2, -0.15) is 0 Å². The Hall–Kier alpha value is -1.80. The second kappa shape index (κ2) is 6.25. The normalized spacial score (nSPS) is 20.5. The van der Waals surface area contributed by atoms with Gasteiger partial charge in [0.15, 0.2) is 0 Å². The van der Waals surface area contributed by atoms with E-state index in [1.807, 2.05) is 23.4 Å². The topological polar surface area (TPSA) is 75.9 Å². The fourth-order valence-electron chi connectivity index (χ4n) is 3.47. The van der Waals surface area contributed by atoms with Crippen molar-refractivity contribution in [2.75, 3.05) is 7.05 Å². The number of nitrogens with one attached hydrogen (secondary N) is 1. The molecule has 4 rings (SSSR count). The minimum Gasteiger partial charge on any atom is -0.348 e. The van der Waals surface area contributed by atoms with Crippen molar-refractivity contribution in [3.63, 3.8) is 0 Å². The predicted octanol–water partition coefficient (Wildman–Crippen LogP) is 1.05. The maximum Gasteiger partial charge on any atom is 0.239 e. The maximum absolute atomic E-state index is 12.6. The summed E-state index contributed by atoms with van der Waals surface area (Å²) in [5, 5.41) is 12.4. The van der Waals surface area contributed by atoms with Gasteiger partial charge < -0.3 is 9.88 Å². The third kappa shape index (κ3) is 2.84. The van der Waals surface area contributed by atoms with E-state index in [2.05, 4.69) is 15.5 Å². The van der Waals surface area contributed by atoms with Crippen LogP contribution < -0.4 is 5.32 Å². The van der Waals surface area contributed by atoms with Gasteiger partial charge in [0, 0.05) is 4.88 Å². The summed E-state index contributed by atoms with van der Waals surface area (Å²) in [7, 11) is 1.96. The summed E-state index contributed by atoms with van der Waals surface area (Å²) in [6, 6.07) is -0.193. The lowest BCUT2D eigenvalue weighted by Gasteiger charge is -2.31. The van der Waals surface area contributed by atoms with Crippen molar-refractivity contribution in [1.29, 1.82) is 0 Å². The standard InChI is InChI=1S/C16H22N6OS/c1-10-19-20-14-9-21(2)12(8-22(10)14)16(23)17-7-15-18-11-5-3-4-6-13(11)24-15/h12H,3-9H2,1-2H3,(H,17,23). The third-order valence-corrected chi connectivity index (χ3v) is 6.05. The number of amides is 1. The van der Waals surface area contributed by atoms with E-state index >= 15 is 0 Å². The average Bonchev–Trinajstić information content (AvgIpc) is 3.15. The van der Waals surface area contributed by atoms with E-state index in [-0.39, 0.29) is 11.9 Å². The Balaban J connectivity index is 1.41. The van der Waals surface area contributed by atoms with Gasteiger partial charge in [-0.05, 0) is 39.7 Å². The zero-order chi connectivity index (χ0) is 16.7. The summed E-state index contributed by atoms with van der Waals surface area (Å²) >= 11 is 1.75. The molecule has 0 bridgehead atoms. The van der Waals surface area contributed by atoms with Crippen LogP contribution in [0.1, 0.15) is 40.1 Å². The number of nitrogens with zero attached hydrogens (tertiary/aromatic N) is 5. The molecule has 7 nitrogen and oxygen atoms in total. The molecule has 128 valence electrons. The molecule has 1 atom stereocenters. The molecule has 1 N–H and O–H groups in total. The minimum absolute atomic E-state index is 0.0458. The summed E-state index contributed by atoms with van der Waals surface area (Å²) in [6.45, 7) is 3.70. The Kier molecular flexibility index (Phi) is 4.09. The molecule has 0 saturated heterocycles. The van der Waals surface area contributed by atoms with Crippen molar-refractivity contribution in [2.24, 2.45) is 0 Å². The van der Waals surface area contributed by atoms with Gasteiger partial charge in [0.25, 0.3) is 0 Å². The Morgan fingerprint density at radius 2 is 2.17 bits per heavy atom. The molecule has 0 aromatic carbocycles. The van der Waals surface area contributed by atoms with E-state index in [0.29, 0.717) is 19.6 Å². The van der Waals surface area contributed by atoms with Gasteiger partial charge in [-0.25, -0.2) is 4.98 Å². The van der Waals surface area contributed by atoms with Crippen LogP contribution in [0.25, 0.3) is 0 Å². The molecule has 0 saturated carbocycles. The number of thiazole rings is 1. The molecule has 2 aromatic heterocycles. The summed E-state index contributed by atoms with van der Waals surface area (Å²) in [5.41, 5.74) is 1.25. The quantitative estimate of drug-likeness (QED) is 0.899. The molecule has 24 heavy (non-hydrogen) atoms. The van der Waals surface area contributed by atoms with E-state index in [0.717, 1.165) is 29.5 Å². The van der Waals surface area contributed by atoms with Crippen LogP contribution >= 0.6 is 11.3 Å². The van der Waals surface area contributed by atoms with E-state index in [4.69, 9.17) is 4.98 Å². The Morgan fingerprint density at radius 1 is 1.33 bits per heavy atom. The highest BCUT2D eigenvalue weighted by molar-refractivity contribution is 7.11. The Bertz CT molecular complexity index is 743. The van der Waals surface area contributed by atoms with Crippen molar-refractivity contribution in [2.45, 2.75) is 58.3 Å². The highest BCUT2D eigenvalue weighted by Gasteiger charge is 2.31. The number of rotatable bonds is 3. The lowest BCUT2D eigenvalue weighted by atomic mass is 10.0. The Morgan fingerprint density at radius 3 is 3.00 bits per heavy atom.